The molecule has 0 saturated heterocycles. The average Bonchev–Trinajstić information content (AvgIpc) is 2.46. The van der Waals surface area contributed by atoms with E-state index in [1.54, 1.807) is 13.0 Å². The monoisotopic (exact) mass is 350 g/mol. The van der Waals surface area contributed by atoms with E-state index in [4.69, 9.17) is 5.14 Å². The van der Waals surface area contributed by atoms with E-state index in [1.165, 1.54) is 30.0 Å². The third kappa shape index (κ3) is 5.09. The second-order valence-electron chi connectivity index (χ2n) is 5.14. The van der Waals surface area contributed by atoms with Gasteiger partial charge >= 0.3 is 0 Å². The summed E-state index contributed by atoms with van der Waals surface area (Å²) in [6.07, 6.45) is 0. The molecule has 1 amide bonds. The number of nitrogens with two attached hydrogens (primary N) is 1. The summed E-state index contributed by atoms with van der Waals surface area (Å²) in [4.78, 5) is 13.2. The van der Waals surface area contributed by atoms with Gasteiger partial charge in [0.15, 0.2) is 0 Å². The summed E-state index contributed by atoms with van der Waals surface area (Å²) >= 11 is 1.44. The van der Waals surface area contributed by atoms with Gasteiger partial charge in [-0.05, 0) is 44.2 Å². The summed E-state index contributed by atoms with van der Waals surface area (Å²) in [5.74, 6) is -0.205. The average molecular weight is 350 g/mol. The normalized spacial score (nSPS) is 12.7. The van der Waals surface area contributed by atoms with Gasteiger partial charge in [-0.25, -0.2) is 13.6 Å². The van der Waals surface area contributed by atoms with Crippen LogP contribution in [0.1, 0.15) is 12.5 Å². The molecule has 2 aromatic carbocycles. The maximum atomic E-state index is 12.3. The first-order valence-electron chi connectivity index (χ1n) is 6.93. The lowest BCUT2D eigenvalue weighted by Gasteiger charge is -2.13. The fourth-order valence-electron chi connectivity index (χ4n) is 1.94. The minimum atomic E-state index is -3.79. The molecule has 0 radical (unpaired) electrons. The van der Waals surface area contributed by atoms with Gasteiger partial charge < -0.3 is 5.32 Å². The molecule has 7 heteroatoms. The lowest BCUT2D eigenvalue weighted by atomic mass is 10.2. The molecule has 0 aliphatic carbocycles. The fraction of sp³-hybridized carbons (Fsp3) is 0.188. The number of nitrogens with one attached hydrogen (secondary N) is 1. The van der Waals surface area contributed by atoms with Gasteiger partial charge in [-0.1, -0.05) is 23.8 Å². The van der Waals surface area contributed by atoms with Crippen LogP contribution in [0.3, 0.4) is 0 Å². The van der Waals surface area contributed by atoms with E-state index in [0.717, 1.165) is 10.5 Å². The van der Waals surface area contributed by atoms with Crippen LogP contribution < -0.4 is 10.5 Å². The first-order chi connectivity index (χ1) is 10.8. The summed E-state index contributed by atoms with van der Waals surface area (Å²) in [6.45, 7) is 3.79. The molecule has 5 nitrogen and oxygen atoms in total. The predicted molar refractivity (Wildman–Crippen MR) is 92.9 cm³/mol. The number of primary sulfonamides is 1. The Bertz CT molecular complexity index is 820. The maximum Gasteiger partial charge on any atom is 0.238 e. The van der Waals surface area contributed by atoms with Gasteiger partial charge in [0.25, 0.3) is 0 Å². The van der Waals surface area contributed by atoms with Crippen LogP contribution in [0.4, 0.5) is 5.69 Å². The van der Waals surface area contributed by atoms with E-state index in [9.17, 15) is 13.2 Å². The van der Waals surface area contributed by atoms with E-state index < -0.39 is 10.0 Å². The number of anilines is 1. The van der Waals surface area contributed by atoms with Crippen molar-refractivity contribution in [3.05, 3.63) is 54.1 Å². The predicted octanol–water partition coefficient (Wildman–Crippen LogP) is 2.76. The SMILES string of the molecule is Cc1cccc(SC(C)C(=O)Nc2cccc(S(N)(=O)=O)c2)c1. The molecule has 0 heterocycles. The van der Waals surface area contributed by atoms with E-state index >= 15 is 0 Å². The zero-order valence-corrected chi connectivity index (χ0v) is 14.4. The molecule has 0 aromatic heterocycles. The smallest absolute Gasteiger partial charge is 0.238 e. The Kier molecular flexibility index (Phi) is 5.46. The summed E-state index contributed by atoms with van der Waals surface area (Å²) in [5, 5.41) is 7.47. The van der Waals surface area contributed by atoms with Crippen LogP contribution in [0, 0.1) is 6.92 Å². The number of hydrogen-bond acceptors (Lipinski definition) is 4. The van der Waals surface area contributed by atoms with Gasteiger partial charge in [0, 0.05) is 10.6 Å². The largest absolute Gasteiger partial charge is 0.325 e. The molecule has 0 aliphatic heterocycles. The Balaban J connectivity index is 2.07. The molecule has 0 fully saturated rings. The second kappa shape index (κ2) is 7.16. The number of rotatable bonds is 5. The quantitative estimate of drug-likeness (QED) is 0.812. The number of amides is 1. The van der Waals surface area contributed by atoms with Crippen molar-refractivity contribution in [3.8, 4) is 0 Å². The molecule has 0 spiro atoms. The lowest BCUT2D eigenvalue weighted by molar-refractivity contribution is -0.115. The van der Waals surface area contributed by atoms with Crippen LogP contribution >= 0.6 is 11.8 Å². The molecule has 122 valence electrons. The number of sulfonamides is 1. The molecule has 0 saturated carbocycles. The second-order valence-corrected chi connectivity index (χ2v) is 8.11. The summed E-state index contributed by atoms with van der Waals surface area (Å²) < 4.78 is 22.7. The molecule has 1 unspecified atom stereocenters. The van der Waals surface area contributed by atoms with Gasteiger partial charge in [-0.2, -0.15) is 0 Å². The molecule has 0 aliphatic rings. The minimum absolute atomic E-state index is 0.0331. The standard InChI is InChI=1S/C16H18N2O3S2/c1-11-5-3-7-14(9-11)22-12(2)16(19)18-13-6-4-8-15(10-13)23(17,20)21/h3-10,12H,1-2H3,(H,18,19)(H2,17,20,21). The number of carbonyl (C=O) groups excluding carboxylic acids is 1. The van der Waals surface area contributed by atoms with Crippen LogP contribution in [0.5, 0.6) is 0 Å². The van der Waals surface area contributed by atoms with Crippen molar-refractivity contribution in [2.75, 3.05) is 5.32 Å². The first kappa shape index (κ1) is 17.5. The Hall–Kier alpha value is -1.83. The topological polar surface area (TPSA) is 89.3 Å². The number of carbonyl (C=O) groups is 1. The van der Waals surface area contributed by atoms with Crippen LogP contribution in [0.25, 0.3) is 0 Å². The highest BCUT2D eigenvalue weighted by Gasteiger charge is 2.16. The molecular weight excluding hydrogens is 332 g/mol. The Morgan fingerprint density at radius 3 is 2.52 bits per heavy atom. The maximum absolute atomic E-state index is 12.3. The zero-order chi connectivity index (χ0) is 17.0. The highest BCUT2D eigenvalue weighted by atomic mass is 32.2. The van der Waals surface area contributed by atoms with Gasteiger partial charge in [-0.15, -0.1) is 11.8 Å². The highest BCUT2D eigenvalue weighted by molar-refractivity contribution is 8.00. The highest BCUT2D eigenvalue weighted by Crippen LogP contribution is 2.25. The van der Waals surface area contributed by atoms with Crippen LogP contribution in [-0.2, 0) is 14.8 Å². The summed E-state index contributed by atoms with van der Waals surface area (Å²) in [5.41, 5.74) is 1.53. The van der Waals surface area contributed by atoms with E-state index in [1.807, 2.05) is 31.2 Å². The third-order valence-electron chi connectivity index (χ3n) is 3.10. The van der Waals surface area contributed by atoms with Crippen molar-refractivity contribution in [2.45, 2.75) is 28.9 Å². The summed E-state index contributed by atoms with van der Waals surface area (Å²) in [7, 11) is -3.79. The van der Waals surface area contributed by atoms with Crippen LogP contribution in [0.2, 0.25) is 0 Å². The molecule has 2 rings (SSSR count). The van der Waals surface area contributed by atoms with E-state index in [2.05, 4.69) is 5.32 Å². The molecule has 1 atom stereocenters. The molecule has 2 aromatic rings. The lowest BCUT2D eigenvalue weighted by Crippen LogP contribution is -2.22. The van der Waals surface area contributed by atoms with Crippen molar-refractivity contribution in [1.29, 1.82) is 0 Å². The van der Waals surface area contributed by atoms with Crippen molar-refractivity contribution >= 4 is 33.4 Å². The third-order valence-corrected chi connectivity index (χ3v) is 5.11. The van der Waals surface area contributed by atoms with Gasteiger partial charge in [-0.3, -0.25) is 4.79 Å². The molecule has 0 bridgehead atoms. The van der Waals surface area contributed by atoms with Gasteiger partial charge in [0.05, 0.1) is 10.1 Å². The first-order valence-corrected chi connectivity index (χ1v) is 9.35. The van der Waals surface area contributed by atoms with E-state index in [0.29, 0.717) is 5.69 Å². The molecule has 3 N–H and O–H groups in total. The number of aryl methyl sites for hydroxylation is 1. The van der Waals surface area contributed by atoms with Crippen LogP contribution in [-0.4, -0.2) is 19.6 Å². The number of hydrogen-bond donors (Lipinski definition) is 2. The molecular formula is C16H18N2O3S2. The van der Waals surface area contributed by atoms with Crippen molar-refractivity contribution in [2.24, 2.45) is 5.14 Å². The number of thioether (sulfide) groups is 1. The van der Waals surface area contributed by atoms with Crippen molar-refractivity contribution in [3.63, 3.8) is 0 Å². The Morgan fingerprint density at radius 1 is 1.17 bits per heavy atom. The van der Waals surface area contributed by atoms with E-state index in [-0.39, 0.29) is 16.1 Å². The van der Waals surface area contributed by atoms with Gasteiger partial charge in [0.1, 0.15) is 0 Å². The number of benzene rings is 2. The fourth-order valence-corrected chi connectivity index (χ4v) is 3.49. The van der Waals surface area contributed by atoms with Crippen molar-refractivity contribution < 1.29 is 13.2 Å². The minimum Gasteiger partial charge on any atom is -0.325 e. The van der Waals surface area contributed by atoms with Gasteiger partial charge in [0.2, 0.25) is 15.9 Å². The Labute approximate surface area is 140 Å². The summed E-state index contributed by atoms with van der Waals surface area (Å²) in [6, 6.07) is 13.8. The Morgan fingerprint density at radius 2 is 1.87 bits per heavy atom. The zero-order valence-electron chi connectivity index (χ0n) is 12.8. The molecule has 23 heavy (non-hydrogen) atoms. The van der Waals surface area contributed by atoms with Crippen LogP contribution in [0.15, 0.2) is 58.3 Å². The van der Waals surface area contributed by atoms with Crippen molar-refractivity contribution in [1.82, 2.24) is 0 Å².